The number of aromatic nitrogens is 2. The molecule has 1 aliphatic heterocycles. The van der Waals surface area contributed by atoms with E-state index < -0.39 is 10.2 Å². The first-order chi connectivity index (χ1) is 9.97. The molecule has 0 bridgehead atoms. The second-order valence-electron chi connectivity index (χ2n) is 5.28. The van der Waals surface area contributed by atoms with Gasteiger partial charge < -0.3 is 0 Å². The van der Waals surface area contributed by atoms with Gasteiger partial charge in [-0.05, 0) is 31.4 Å². The van der Waals surface area contributed by atoms with E-state index in [0.717, 1.165) is 23.2 Å². The first kappa shape index (κ1) is 14.1. The van der Waals surface area contributed by atoms with E-state index in [9.17, 15) is 8.42 Å². The summed E-state index contributed by atoms with van der Waals surface area (Å²) in [6.45, 7) is 4.57. The largest absolute Gasteiger partial charge is 0.303 e. The highest BCUT2D eigenvalue weighted by Crippen LogP contribution is 2.23. The maximum absolute atomic E-state index is 12.5. The Morgan fingerprint density at radius 2 is 1.95 bits per heavy atom. The lowest BCUT2D eigenvalue weighted by atomic mass is 10.0. The number of hydrogen-bond acceptors (Lipinski definition) is 3. The Morgan fingerprint density at radius 1 is 1.24 bits per heavy atom. The van der Waals surface area contributed by atoms with Crippen LogP contribution in [-0.4, -0.2) is 29.5 Å². The summed E-state index contributed by atoms with van der Waals surface area (Å²) in [5.41, 5.74) is 3.95. The van der Waals surface area contributed by atoms with Gasteiger partial charge in [0.2, 0.25) is 0 Å². The number of anilines is 1. The van der Waals surface area contributed by atoms with Gasteiger partial charge in [0.15, 0.2) is 5.82 Å². The lowest BCUT2D eigenvalue weighted by Crippen LogP contribution is -2.39. The Labute approximate surface area is 124 Å². The minimum atomic E-state index is -3.59. The van der Waals surface area contributed by atoms with Crippen LogP contribution in [0.4, 0.5) is 5.82 Å². The number of hydrogen-bond donors (Lipinski definition) is 2. The third-order valence-electron chi connectivity index (χ3n) is 3.91. The van der Waals surface area contributed by atoms with Crippen LogP contribution in [0, 0.1) is 13.8 Å². The van der Waals surface area contributed by atoms with Crippen molar-refractivity contribution in [1.29, 1.82) is 0 Å². The van der Waals surface area contributed by atoms with Crippen LogP contribution in [-0.2, 0) is 23.2 Å². The van der Waals surface area contributed by atoms with E-state index in [4.69, 9.17) is 0 Å². The van der Waals surface area contributed by atoms with Gasteiger partial charge in [-0.25, -0.2) is 0 Å². The molecule has 3 rings (SSSR count). The molecular weight excluding hydrogens is 288 g/mol. The summed E-state index contributed by atoms with van der Waals surface area (Å²) in [6.07, 6.45) is 0.732. The van der Waals surface area contributed by atoms with Crippen LogP contribution in [0.15, 0.2) is 24.3 Å². The molecule has 0 atom stereocenters. The fourth-order valence-corrected chi connectivity index (χ4v) is 3.66. The van der Waals surface area contributed by atoms with Crippen LogP contribution in [0.3, 0.4) is 0 Å². The third kappa shape index (κ3) is 2.66. The van der Waals surface area contributed by atoms with E-state index in [0.29, 0.717) is 18.9 Å². The van der Waals surface area contributed by atoms with Crippen molar-refractivity contribution in [3.8, 4) is 0 Å². The highest BCUT2D eigenvalue weighted by molar-refractivity contribution is 7.90. The first-order valence-corrected chi connectivity index (χ1v) is 8.27. The first-order valence-electron chi connectivity index (χ1n) is 6.83. The molecular formula is C14H18N4O2S. The van der Waals surface area contributed by atoms with Crippen LogP contribution in [0.25, 0.3) is 0 Å². The summed E-state index contributed by atoms with van der Waals surface area (Å²) in [5, 5.41) is 6.78. The average molecular weight is 306 g/mol. The lowest BCUT2D eigenvalue weighted by Gasteiger charge is -2.27. The highest BCUT2D eigenvalue weighted by Gasteiger charge is 2.27. The van der Waals surface area contributed by atoms with Crippen molar-refractivity contribution in [2.45, 2.75) is 26.8 Å². The van der Waals surface area contributed by atoms with Crippen LogP contribution in [0.1, 0.15) is 22.4 Å². The zero-order valence-corrected chi connectivity index (χ0v) is 12.9. The van der Waals surface area contributed by atoms with E-state index in [1.165, 1.54) is 9.87 Å². The number of aromatic amines is 1. The molecule has 0 radical (unpaired) electrons. The highest BCUT2D eigenvalue weighted by atomic mass is 32.2. The van der Waals surface area contributed by atoms with Gasteiger partial charge in [-0.1, -0.05) is 24.3 Å². The third-order valence-corrected chi connectivity index (χ3v) is 5.36. The topological polar surface area (TPSA) is 78.1 Å². The maximum Gasteiger partial charge on any atom is 0.303 e. The van der Waals surface area contributed by atoms with Crippen molar-refractivity contribution >= 4 is 16.0 Å². The monoisotopic (exact) mass is 306 g/mol. The van der Waals surface area contributed by atoms with Crippen LogP contribution in [0.2, 0.25) is 0 Å². The summed E-state index contributed by atoms with van der Waals surface area (Å²) in [5.74, 6) is 0.367. The minimum Gasteiger partial charge on any atom is -0.280 e. The molecule has 1 aromatic carbocycles. The SMILES string of the molecule is Cc1[nH]nc(NS(=O)(=O)N2CCc3ccccc3C2)c1C. The second kappa shape index (κ2) is 5.16. The molecule has 0 spiro atoms. The molecule has 6 nitrogen and oxygen atoms in total. The second-order valence-corrected chi connectivity index (χ2v) is 6.95. The summed E-state index contributed by atoms with van der Waals surface area (Å²) in [4.78, 5) is 0. The van der Waals surface area contributed by atoms with Crippen LogP contribution in [0.5, 0.6) is 0 Å². The Morgan fingerprint density at radius 3 is 2.62 bits per heavy atom. The molecule has 0 amide bonds. The molecule has 21 heavy (non-hydrogen) atoms. The van der Waals surface area contributed by atoms with Crippen molar-refractivity contribution in [2.75, 3.05) is 11.3 Å². The van der Waals surface area contributed by atoms with Crippen molar-refractivity contribution in [1.82, 2.24) is 14.5 Å². The quantitative estimate of drug-likeness (QED) is 0.906. The van der Waals surface area contributed by atoms with E-state index in [1.54, 1.807) is 0 Å². The minimum absolute atomic E-state index is 0.367. The number of nitrogens with one attached hydrogen (secondary N) is 2. The number of benzene rings is 1. The molecule has 0 aliphatic carbocycles. The molecule has 2 N–H and O–H groups in total. The zero-order chi connectivity index (χ0) is 15.0. The maximum atomic E-state index is 12.5. The molecule has 2 aromatic rings. The Hall–Kier alpha value is -1.86. The van der Waals surface area contributed by atoms with Gasteiger partial charge in [-0.2, -0.15) is 17.8 Å². The fourth-order valence-electron chi connectivity index (χ4n) is 2.45. The summed E-state index contributed by atoms with van der Waals surface area (Å²) in [6, 6.07) is 7.94. The van der Waals surface area contributed by atoms with E-state index in [-0.39, 0.29) is 0 Å². The molecule has 2 heterocycles. The lowest BCUT2D eigenvalue weighted by molar-refractivity contribution is 0.394. The molecule has 0 saturated carbocycles. The number of aryl methyl sites for hydroxylation is 1. The molecule has 112 valence electrons. The Balaban J connectivity index is 1.82. The van der Waals surface area contributed by atoms with Crippen molar-refractivity contribution in [2.24, 2.45) is 0 Å². The van der Waals surface area contributed by atoms with Gasteiger partial charge in [0.05, 0.1) is 0 Å². The normalized spacial score (nSPS) is 15.7. The molecule has 1 aromatic heterocycles. The van der Waals surface area contributed by atoms with E-state index >= 15 is 0 Å². The van der Waals surface area contributed by atoms with Crippen molar-refractivity contribution in [3.05, 3.63) is 46.6 Å². The predicted molar refractivity (Wildman–Crippen MR) is 81.2 cm³/mol. The molecule has 0 saturated heterocycles. The number of nitrogens with zero attached hydrogens (tertiary/aromatic N) is 2. The fraction of sp³-hybridized carbons (Fsp3) is 0.357. The number of fused-ring (bicyclic) bond motifs is 1. The summed E-state index contributed by atoms with van der Waals surface area (Å²) in [7, 11) is -3.59. The zero-order valence-electron chi connectivity index (χ0n) is 12.0. The molecule has 0 unspecified atom stereocenters. The number of rotatable bonds is 3. The number of H-pyrrole nitrogens is 1. The van der Waals surface area contributed by atoms with Crippen LogP contribution < -0.4 is 4.72 Å². The van der Waals surface area contributed by atoms with E-state index in [2.05, 4.69) is 14.9 Å². The van der Waals surface area contributed by atoms with Gasteiger partial charge in [0.25, 0.3) is 0 Å². The van der Waals surface area contributed by atoms with Gasteiger partial charge >= 0.3 is 10.2 Å². The standard InChI is InChI=1S/C14H18N4O2S/c1-10-11(2)15-16-14(10)17-21(19,20)18-8-7-12-5-3-4-6-13(12)9-18/h3-6H,7-9H2,1-2H3,(H2,15,16,17). The van der Waals surface area contributed by atoms with Gasteiger partial charge in [0, 0.05) is 24.3 Å². The van der Waals surface area contributed by atoms with Gasteiger partial charge in [-0.3, -0.25) is 9.82 Å². The summed E-state index contributed by atoms with van der Waals surface area (Å²) >= 11 is 0. The summed E-state index contributed by atoms with van der Waals surface area (Å²) < 4.78 is 29.0. The Bertz CT molecular complexity index is 767. The molecule has 1 aliphatic rings. The van der Waals surface area contributed by atoms with Crippen molar-refractivity contribution < 1.29 is 8.42 Å². The van der Waals surface area contributed by atoms with Crippen molar-refractivity contribution in [3.63, 3.8) is 0 Å². The smallest absolute Gasteiger partial charge is 0.280 e. The van der Waals surface area contributed by atoms with E-state index in [1.807, 2.05) is 38.1 Å². The molecule has 7 heteroatoms. The average Bonchev–Trinajstić information content (AvgIpc) is 2.78. The Kier molecular flexibility index (Phi) is 3.46. The van der Waals surface area contributed by atoms with Crippen LogP contribution >= 0.6 is 0 Å². The van der Waals surface area contributed by atoms with Gasteiger partial charge in [0.1, 0.15) is 0 Å². The predicted octanol–water partition coefficient (Wildman–Crippen LogP) is 1.74. The van der Waals surface area contributed by atoms with Gasteiger partial charge in [-0.15, -0.1) is 0 Å². The molecule has 0 fully saturated rings.